The van der Waals surface area contributed by atoms with Gasteiger partial charge in [0.15, 0.2) is 0 Å². The molecule has 0 unspecified atom stereocenters. The lowest BCUT2D eigenvalue weighted by atomic mass is 10.1. The van der Waals surface area contributed by atoms with Crippen LogP contribution in [0.3, 0.4) is 0 Å². The molecule has 1 aromatic heterocycles. The van der Waals surface area contributed by atoms with Crippen molar-refractivity contribution in [1.29, 1.82) is 0 Å². The SMILES string of the molecule is O=c1cc(-c2ccc(F)cc2)n([C@H]2C[C@H](O)[C@@H](CO)O2)c(=O)[nH]1. The maximum Gasteiger partial charge on any atom is 0.330 e. The van der Waals surface area contributed by atoms with E-state index in [2.05, 4.69) is 4.98 Å². The quantitative estimate of drug-likeness (QED) is 0.737. The molecular weight excluding hydrogens is 307 g/mol. The summed E-state index contributed by atoms with van der Waals surface area (Å²) in [5.74, 6) is -0.444. The molecule has 0 radical (unpaired) electrons. The predicted octanol–water partition coefficient (Wildman–Crippen LogP) is -0.0166. The van der Waals surface area contributed by atoms with Crippen LogP contribution in [0.4, 0.5) is 4.39 Å². The Bertz CT molecular complexity index is 814. The number of aliphatic hydroxyl groups is 2. The molecule has 3 N–H and O–H groups in total. The highest BCUT2D eigenvalue weighted by Crippen LogP contribution is 2.30. The summed E-state index contributed by atoms with van der Waals surface area (Å²) in [7, 11) is 0. The number of nitrogens with zero attached hydrogens (tertiary/aromatic N) is 1. The summed E-state index contributed by atoms with van der Waals surface area (Å²) in [4.78, 5) is 26.0. The normalized spacial score (nSPS) is 24.0. The van der Waals surface area contributed by atoms with Gasteiger partial charge in [0.25, 0.3) is 5.56 Å². The minimum absolute atomic E-state index is 0.0887. The number of aliphatic hydroxyl groups excluding tert-OH is 2. The van der Waals surface area contributed by atoms with Gasteiger partial charge < -0.3 is 14.9 Å². The van der Waals surface area contributed by atoms with Crippen molar-refractivity contribution in [3.63, 3.8) is 0 Å². The fourth-order valence-corrected chi connectivity index (χ4v) is 2.67. The van der Waals surface area contributed by atoms with Crippen LogP contribution in [0.2, 0.25) is 0 Å². The molecule has 122 valence electrons. The Labute approximate surface area is 129 Å². The molecule has 0 bridgehead atoms. The first-order valence-corrected chi connectivity index (χ1v) is 7.06. The summed E-state index contributed by atoms with van der Waals surface area (Å²) in [6.07, 6.45) is -2.48. The number of benzene rings is 1. The minimum atomic E-state index is -0.926. The fourth-order valence-electron chi connectivity index (χ4n) is 2.67. The third-order valence-corrected chi connectivity index (χ3v) is 3.79. The van der Waals surface area contributed by atoms with Crippen molar-refractivity contribution < 1.29 is 19.3 Å². The first-order valence-electron chi connectivity index (χ1n) is 7.06. The number of hydrogen-bond acceptors (Lipinski definition) is 5. The number of ether oxygens (including phenoxy) is 1. The predicted molar refractivity (Wildman–Crippen MR) is 78.3 cm³/mol. The van der Waals surface area contributed by atoms with Gasteiger partial charge in [-0.05, 0) is 29.8 Å². The summed E-state index contributed by atoms with van der Waals surface area (Å²) in [5, 5.41) is 19.0. The largest absolute Gasteiger partial charge is 0.394 e. The van der Waals surface area contributed by atoms with E-state index in [-0.39, 0.29) is 18.7 Å². The highest BCUT2D eigenvalue weighted by atomic mass is 19.1. The zero-order valence-corrected chi connectivity index (χ0v) is 12.0. The molecule has 2 heterocycles. The molecule has 8 heteroatoms. The standard InChI is InChI=1S/C15H15FN2O5/c16-9-3-1-8(2-4-9)10-5-13(21)17-15(22)18(10)14-6-11(20)12(7-19)23-14/h1-5,11-12,14,19-20H,6-7H2,(H,17,21,22)/t11-,12+,14+/m0/s1. The first-order chi connectivity index (χ1) is 11.0. The Morgan fingerprint density at radius 2 is 2.00 bits per heavy atom. The maximum absolute atomic E-state index is 13.1. The first kappa shape index (κ1) is 15.6. The Hall–Kier alpha value is -2.29. The molecule has 23 heavy (non-hydrogen) atoms. The van der Waals surface area contributed by atoms with Crippen molar-refractivity contribution in [3.8, 4) is 11.3 Å². The van der Waals surface area contributed by atoms with Gasteiger partial charge in [-0.15, -0.1) is 0 Å². The number of aromatic nitrogens is 2. The van der Waals surface area contributed by atoms with Crippen molar-refractivity contribution in [3.05, 3.63) is 57.0 Å². The second-order valence-electron chi connectivity index (χ2n) is 5.32. The zero-order valence-electron chi connectivity index (χ0n) is 12.0. The second-order valence-corrected chi connectivity index (χ2v) is 5.32. The van der Waals surface area contributed by atoms with Crippen LogP contribution in [0.15, 0.2) is 39.9 Å². The molecule has 0 spiro atoms. The van der Waals surface area contributed by atoms with E-state index < -0.39 is 35.5 Å². The summed E-state index contributed by atoms with van der Waals surface area (Å²) in [6.45, 7) is -0.387. The fraction of sp³-hybridized carbons (Fsp3) is 0.333. The lowest BCUT2D eigenvalue weighted by molar-refractivity contribution is -0.0453. The van der Waals surface area contributed by atoms with Crippen molar-refractivity contribution >= 4 is 0 Å². The summed E-state index contributed by atoms with van der Waals surface area (Å²) >= 11 is 0. The molecule has 3 atom stereocenters. The van der Waals surface area contributed by atoms with Gasteiger partial charge in [0.1, 0.15) is 18.1 Å². The van der Waals surface area contributed by atoms with Gasteiger partial charge in [-0.3, -0.25) is 14.3 Å². The summed E-state index contributed by atoms with van der Waals surface area (Å²) in [5.41, 5.74) is -0.592. The molecular formula is C15H15FN2O5. The number of H-pyrrole nitrogens is 1. The number of halogens is 1. The highest BCUT2D eigenvalue weighted by Gasteiger charge is 2.36. The van der Waals surface area contributed by atoms with Gasteiger partial charge in [-0.1, -0.05) is 0 Å². The third kappa shape index (κ3) is 2.96. The Balaban J connectivity index is 2.11. The van der Waals surface area contributed by atoms with Gasteiger partial charge in [0.05, 0.1) is 18.4 Å². The zero-order chi connectivity index (χ0) is 16.6. The molecule has 1 aliphatic heterocycles. The molecule has 0 saturated carbocycles. The van der Waals surface area contributed by atoms with E-state index in [0.29, 0.717) is 5.56 Å². The van der Waals surface area contributed by atoms with E-state index in [1.165, 1.54) is 34.9 Å². The van der Waals surface area contributed by atoms with E-state index in [1.807, 2.05) is 0 Å². The molecule has 1 fully saturated rings. The summed E-state index contributed by atoms with van der Waals surface area (Å²) in [6, 6.07) is 6.51. The lowest BCUT2D eigenvalue weighted by Gasteiger charge is -2.18. The average molecular weight is 322 g/mol. The van der Waals surface area contributed by atoms with Crippen LogP contribution < -0.4 is 11.2 Å². The Kier molecular flexibility index (Phi) is 4.12. The molecule has 1 aromatic carbocycles. The molecule has 2 aromatic rings. The van der Waals surface area contributed by atoms with Crippen LogP contribution in [-0.2, 0) is 4.74 Å². The number of aromatic amines is 1. The lowest BCUT2D eigenvalue weighted by Crippen LogP contribution is -2.33. The number of rotatable bonds is 3. The Morgan fingerprint density at radius 3 is 2.61 bits per heavy atom. The molecule has 1 aliphatic rings. The van der Waals surface area contributed by atoms with Crippen LogP contribution in [-0.4, -0.2) is 38.6 Å². The van der Waals surface area contributed by atoms with E-state index in [9.17, 15) is 19.1 Å². The van der Waals surface area contributed by atoms with Gasteiger partial charge in [0, 0.05) is 12.5 Å². The van der Waals surface area contributed by atoms with E-state index in [4.69, 9.17) is 9.84 Å². The van der Waals surface area contributed by atoms with Crippen LogP contribution in [0, 0.1) is 5.82 Å². The van der Waals surface area contributed by atoms with Crippen molar-refractivity contribution in [2.24, 2.45) is 0 Å². The van der Waals surface area contributed by atoms with Gasteiger partial charge in [-0.2, -0.15) is 0 Å². The van der Waals surface area contributed by atoms with Crippen LogP contribution >= 0.6 is 0 Å². The minimum Gasteiger partial charge on any atom is -0.394 e. The molecule has 3 rings (SSSR count). The molecule has 1 saturated heterocycles. The average Bonchev–Trinajstić information content (AvgIpc) is 2.87. The van der Waals surface area contributed by atoms with Crippen LogP contribution in [0.5, 0.6) is 0 Å². The monoisotopic (exact) mass is 322 g/mol. The molecule has 0 amide bonds. The molecule has 0 aliphatic carbocycles. The van der Waals surface area contributed by atoms with Gasteiger partial charge in [0.2, 0.25) is 0 Å². The van der Waals surface area contributed by atoms with Crippen LogP contribution in [0.1, 0.15) is 12.6 Å². The number of nitrogens with one attached hydrogen (secondary N) is 1. The van der Waals surface area contributed by atoms with Crippen molar-refractivity contribution in [2.45, 2.75) is 24.9 Å². The maximum atomic E-state index is 13.1. The molecule has 7 nitrogen and oxygen atoms in total. The van der Waals surface area contributed by atoms with E-state index in [1.54, 1.807) is 0 Å². The van der Waals surface area contributed by atoms with Crippen molar-refractivity contribution in [1.82, 2.24) is 9.55 Å². The van der Waals surface area contributed by atoms with Crippen LogP contribution in [0.25, 0.3) is 11.3 Å². The second kappa shape index (κ2) is 6.07. The van der Waals surface area contributed by atoms with E-state index in [0.717, 1.165) is 0 Å². The Morgan fingerprint density at radius 1 is 1.30 bits per heavy atom. The summed E-state index contributed by atoms with van der Waals surface area (Å²) < 4.78 is 19.8. The smallest absolute Gasteiger partial charge is 0.330 e. The van der Waals surface area contributed by atoms with Gasteiger partial charge >= 0.3 is 5.69 Å². The van der Waals surface area contributed by atoms with Crippen molar-refractivity contribution in [2.75, 3.05) is 6.61 Å². The highest BCUT2D eigenvalue weighted by molar-refractivity contribution is 5.59. The number of hydrogen-bond donors (Lipinski definition) is 3. The third-order valence-electron chi connectivity index (χ3n) is 3.79. The topological polar surface area (TPSA) is 105 Å². The van der Waals surface area contributed by atoms with E-state index >= 15 is 0 Å². The van der Waals surface area contributed by atoms with Gasteiger partial charge in [-0.25, -0.2) is 9.18 Å².